The highest BCUT2D eigenvalue weighted by Gasteiger charge is 2.50. The summed E-state index contributed by atoms with van der Waals surface area (Å²) in [4.78, 5) is 11.6. The number of rotatable bonds is 1. The van der Waals surface area contributed by atoms with Crippen molar-refractivity contribution in [1.82, 2.24) is 15.3 Å². The van der Waals surface area contributed by atoms with E-state index in [4.69, 9.17) is 0 Å². The van der Waals surface area contributed by atoms with Crippen LogP contribution in [0.3, 0.4) is 0 Å². The van der Waals surface area contributed by atoms with E-state index in [0.717, 1.165) is 36.9 Å². The van der Waals surface area contributed by atoms with Gasteiger partial charge in [-0.2, -0.15) is 0 Å². The number of hydrogen-bond acceptors (Lipinski definition) is 5. The Morgan fingerprint density at radius 3 is 3.00 bits per heavy atom. The Balaban J connectivity index is 1.84. The Kier molecular flexibility index (Phi) is 2.60. The summed E-state index contributed by atoms with van der Waals surface area (Å²) in [5, 5.41) is 5.73. The minimum absolute atomic E-state index is 0.160. The maximum Gasteiger partial charge on any atom is 0.150 e. The van der Waals surface area contributed by atoms with E-state index in [9.17, 15) is 0 Å². The maximum absolute atomic E-state index is 4.63. The molecule has 106 valence electrons. The van der Waals surface area contributed by atoms with Gasteiger partial charge in [0.1, 0.15) is 12.1 Å². The number of hydrogen-bond donors (Lipinski definition) is 1. The second-order valence-corrected chi connectivity index (χ2v) is 7.46. The third-order valence-electron chi connectivity index (χ3n) is 5.13. The zero-order chi connectivity index (χ0) is 13.9. The SMILES string of the molecule is Cc1csc2c(N3CC4CNCC4C3(C)C)ncnc12. The van der Waals surface area contributed by atoms with Gasteiger partial charge in [-0.05, 0) is 43.6 Å². The van der Waals surface area contributed by atoms with Crippen molar-refractivity contribution < 1.29 is 0 Å². The molecule has 4 rings (SSSR count). The first-order chi connectivity index (χ1) is 9.59. The fraction of sp³-hybridized carbons (Fsp3) is 0.600. The van der Waals surface area contributed by atoms with Crippen LogP contribution in [0, 0.1) is 18.8 Å². The monoisotopic (exact) mass is 288 g/mol. The predicted molar refractivity (Wildman–Crippen MR) is 83.4 cm³/mol. The lowest BCUT2D eigenvalue weighted by atomic mass is 9.85. The molecule has 2 aromatic rings. The second kappa shape index (κ2) is 4.15. The van der Waals surface area contributed by atoms with Gasteiger partial charge in [0, 0.05) is 25.2 Å². The van der Waals surface area contributed by atoms with Gasteiger partial charge in [-0.25, -0.2) is 9.97 Å². The van der Waals surface area contributed by atoms with Crippen molar-refractivity contribution in [3.63, 3.8) is 0 Å². The average molecular weight is 288 g/mol. The van der Waals surface area contributed by atoms with Gasteiger partial charge in [-0.3, -0.25) is 0 Å². The smallest absolute Gasteiger partial charge is 0.150 e. The zero-order valence-electron chi connectivity index (χ0n) is 12.2. The van der Waals surface area contributed by atoms with Crippen LogP contribution < -0.4 is 10.2 Å². The van der Waals surface area contributed by atoms with Crippen molar-refractivity contribution in [3.8, 4) is 0 Å². The average Bonchev–Trinajstić information content (AvgIpc) is 3.08. The number of anilines is 1. The van der Waals surface area contributed by atoms with Crippen LogP contribution in [0.25, 0.3) is 10.2 Å². The molecule has 4 heterocycles. The third-order valence-corrected chi connectivity index (χ3v) is 6.21. The number of aryl methyl sites for hydroxylation is 1. The summed E-state index contributed by atoms with van der Waals surface area (Å²) in [5.74, 6) is 2.59. The largest absolute Gasteiger partial charge is 0.350 e. The molecule has 0 spiro atoms. The standard InChI is InChI=1S/C15H20N4S/c1-9-7-20-13-12(9)17-8-18-14(13)19-6-10-4-16-5-11(10)15(19,2)3/h7-8,10-11,16H,4-6H2,1-3H3. The van der Waals surface area contributed by atoms with Crippen LogP contribution >= 0.6 is 11.3 Å². The summed E-state index contributed by atoms with van der Waals surface area (Å²) in [5.41, 5.74) is 2.53. The Hall–Kier alpha value is -1.20. The summed E-state index contributed by atoms with van der Waals surface area (Å²) < 4.78 is 1.24. The van der Waals surface area contributed by atoms with Crippen molar-refractivity contribution in [3.05, 3.63) is 17.3 Å². The molecule has 0 aliphatic carbocycles. The number of thiophene rings is 1. The van der Waals surface area contributed by atoms with E-state index in [-0.39, 0.29) is 5.54 Å². The van der Waals surface area contributed by atoms with Gasteiger partial charge in [0.15, 0.2) is 0 Å². The zero-order valence-corrected chi connectivity index (χ0v) is 13.0. The normalized spacial score (nSPS) is 28.2. The fourth-order valence-electron chi connectivity index (χ4n) is 3.93. The summed E-state index contributed by atoms with van der Waals surface area (Å²) >= 11 is 1.77. The van der Waals surface area contributed by atoms with Crippen LogP contribution in [0.2, 0.25) is 0 Å². The van der Waals surface area contributed by atoms with E-state index in [1.54, 1.807) is 17.7 Å². The first-order valence-corrected chi connectivity index (χ1v) is 8.14. The number of fused-ring (bicyclic) bond motifs is 2. The van der Waals surface area contributed by atoms with E-state index < -0.39 is 0 Å². The molecule has 2 aliphatic rings. The van der Waals surface area contributed by atoms with Gasteiger partial charge in [0.25, 0.3) is 0 Å². The van der Waals surface area contributed by atoms with Gasteiger partial charge in [-0.15, -0.1) is 11.3 Å². The summed E-state index contributed by atoms with van der Waals surface area (Å²) in [6.07, 6.45) is 1.72. The molecule has 2 unspecified atom stereocenters. The van der Waals surface area contributed by atoms with Crippen molar-refractivity contribution >= 4 is 27.4 Å². The van der Waals surface area contributed by atoms with Crippen LogP contribution in [0.4, 0.5) is 5.82 Å². The lowest BCUT2D eigenvalue weighted by Crippen LogP contribution is -2.45. The van der Waals surface area contributed by atoms with Crippen molar-refractivity contribution in [2.45, 2.75) is 26.3 Å². The van der Waals surface area contributed by atoms with E-state index in [1.165, 1.54) is 10.3 Å². The summed E-state index contributed by atoms with van der Waals surface area (Å²) in [6, 6.07) is 0. The Morgan fingerprint density at radius 2 is 2.20 bits per heavy atom. The van der Waals surface area contributed by atoms with Crippen LogP contribution in [-0.2, 0) is 0 Å². The van der Waals surface area contributed by atoms with Crippen LogP contribution in [0.5, 0.6) is 0 Å². The highest BCUT2D eigenvalue weighted by atomic mass is 32.1. The third kappa shape index (κ3) is 1.56. The van der Waals surface area contributed by atoms with Gasteiger partial charge < -0.3 is 10.2 Å². The van der Waals surface area contributed by atoms with Crippen molar-refractivity contribution in [1.29, 1.82) is 0 Å². The van der Waals surface area contributed by atoms with E-state index in [1.807, 2.05) is 0 Å². The molecule has 1 N–H and O–H groups in total. The Morgan fingerprint density at radius 1 is 1.35 bits per heavy atom. The fourth-order valence-corrected chi connectivity index (χ4v) is 4.93. The first-order valence-electron chi connectivity index (χ1n) is 7.26. The molecule has 5 heteroatoms. The highest BCUT2D eigenvalue weighted by molar-refractivity contribution is 7.18. The van der Waals surface area contributed by atoms with E-state index in [2.05, 4.69) is 46.3 Å². The topological polar surface area (TPSA) is 41.0 Å². The first kappa shape index (κ1) is 12.5. The summed E-state index contributed by atoms with van der Waals surface area (Å²) in [6.45, 7) is 10.2. The molecule has 0 saturated carbocycles. The van der Waals surface area contributed by atoms with Crippen molar-refractivity contribution in [2.75, 3.05) is 24.5 Å². The molecule has 4 nitrogen and oxygen atoms in total. The number of aromatic nitrogens is 2. The maximum atomic E-state index is 4.63. The molecule has 2 saturated heterocycles. The molecular formula is C15H20N4S. The van der Waals surface area contributed by atoms with Crippen molar-refractivity contribution in [2.24, 2.45) is 11.8 Å². The molecule has 20 heavy (non-hydrogen) atoms. The molecule has 0 aromatic carbocycles. The molecule has 0 radical (unpaired) electrons. The molecular weight excluding hydrogens is 268 g/mol. The van der Waals surface area contributed by atoms with Gasteiger partial charge in [0.05, 0.1) is 10.2 Å². The lowest BCUT2D eigenvalue weighted by Gasteiger charge is -2.36. The van der Waals surface area contributed by atoms with Gasteiger partial charge >= 0.3 is 0 Å². The quantitative estimate of drug-likeness (QED) is 0.875. The Bertz CT molecular complexity index is 663. The highest BCUT2D eigenvalue weighted by Crippen LogP contribution is 2.45. The van der Waals surface area contributed by atoms with Crippen LogP contribution in [0.1, 0.15) is 19.4 Å². The van der Waals surface area contributed by atoms with Gasteiger partial charge in [-0.1, -0.05) is 0 Å². The predicted octanol–water partition coefficient (Wildman–Crippen LogP) is 2.43. The van der Waals surface area contributed by atoms with E-state index >= 15 is 0 Å². The Labute approximate surface area is 123 Å². The summed E-state index contributed by atoms with van der Waals surface area (Å²) in [7, 11) is 0. The number of nitrogens with zero attached hydrogens (tertiary/aromatic N) is 3. The minimum Gasteiger partial charge on any atom is -0.350 e. The van der Waals surface area contributed by atoms with Crippen LogP contribution in [-0.4, -0.2) is 35.1 Å². The molecule has 2 aromatic heterocycles. The molecule has 2 atom stereocenters. The lowest BCUT2D eigenvalue weighted by molar-refractivity contribution is 0.356. The molecule has 2 fully saturated rings. The molecule has 0 bridgehead atoms. The van der Waals surface area contributed by atoms with E-state index in [0.29, 0.717) is 5.92 Å². The van der Waals surface area contributed by atoms with Gasteiger partial charge in [0.2, 0.25) is 0 Å². The number of nitrogens with one attached hydrogen (secondary N) is 1. The molecule has 2 aliphatic heterocycles. The second-order valence-electron chi connectivity index (χ2n) is 6.58. The molecule has 0 amide bonds. The van der Waals surface area contributed by atoms with Crippen LogP contribution in [0.15, 0.2) is 11.7 Å². The minimum atomic E-state index is 0.160.